The van der Waals surface area contributed by atoms with Crippen molar-refractivity contribution in [3.8, 4) is 0 Å². The number of carbonyl (C=O) groups is 3. The molecule has 274 valence electrons. The van der Waals surface area contributed by atoms with Gasteiger partial charge in [-0.05, 0) is 93.3 Å². The Morgan fingerprint density at radius 2 is 1.79 bits per heavy atom. The van der Waals surface area contributed by atoms with Crippen molar-refractivity contribution in [2.45, 2.75) is 148 Å². The summed E-state index contributed by atoms with van der Waals surface area (Å²) >= 11 is 0. The number of esters is 1. The van der Waals surface area contributed by atoms with Gasteiger partial charge in [0.2, 0.25) is 0 Å². The van der Waals surface area contributed by atoms with Gasteiger partial charge in [0.25, 0.3) is 0 Å². The zero-order chi connectivity index (χ0) is 35.8. The van der Waals surface area contributed by atoms with Crippen LogP contribution in [0.1, 0.15) is 87.5 Å². The van der Waals surface area contributed by atoms with Crippen molar-refractivity contribution in [3.05, 3.63) is 0 Å². The van der Waals surface area contributed by atoms with Crippen LogP contribution < -0.4 is 10.6 Å². The normalized spacial score (nSPS) is 46.0. The molecular formula is C34H58N4O10. The lowest BCUT2D eigenvalue weighted by atomic mass is 9.70. The van der Waals surface area contributed by atoms with Gasteiger partial charge in [-0.1, -0.05) is 25.9 Å². The number of carbonyl (C=O) groups excluding carboxylic acids is 3. The first kappa shape index (κ1) is 38.4. The van der Waals surface area contributed by atoms with Crippen molar-refractivity contribution in [2.24, 2.45) is 22.4 Å². The molecule has 0 aromatic rings. The second-order valence-corrected chi connectivity index (χ2v) is 15.4. The molecule has 2 bridgehead atoms. The Labute approximate surface area is 284 Å². The van der Waals surface area contributed by atoms with Crippen LogP contribution in [0, 0.1) is 17.3 Å². The van der Waals surface area contributed by atoms with Crippen LogP contribution in [0.5, 0.6) is 0 Å². The SMILES string of the molecule is CC[C@@H]1OC(=O)[C@@]2(C)CC/C(=N/O)CO[C@@](C)(C[C@H](C)CN[C@@H](C)[C@H]3NC(=O)O[C@@]13C)[C@@H](OC1OC(C)CC(N(C)C)C1O)[C@@H](C)C2=O. The van der Waals surface area contributed by atoms with Crippen molar-refractivity contribution < 1.29 is 48.4 Å². The average molecular weight is 683 g/mol. The Kier molecular flexibility index (Phi) is 11.9. The zero-order valence-electron chi connectivity index (χ0n) is 30.3. The topological polar surface area (TPSA) is 177 Å². The van der Waals surface area contributed by atoms with Gasteiger partial charge in [-0.2, -0.15) is 0 Å². The third-order valence-electron chi connectivity index (χ3n) is 11.1. The summed E-state index contributed by atoms with van der Waals surface area (Å²) in [5.41, 5.74) is -3.85. The number of Topliss-reactive ketones (excluding diaryl/α,β-unsaturated/α-hetero) is 1. The first-order valence-corrected chi connectivity index (χ1v) is 17.4. The van der Waals surface area contributed by atoms with Crippen LogP contribution >= 0.6 is 0 Å². The van der Waals surface area contributed by atoms with Crippen molar-refractivity contribution in [3.63, 3.8) is 0 Å². The Bertz CT molecular complexity index is 1220. The first-order chi connectivity index (χ1) is 22.4. The van der Waals surface area contributed by atoms with Crippen LogP contribution in [0.3, 0.4) is 0 Å². The highest BCUT2D eigenvalue weighted by Gasteiger charge is 2.58. The number of hydrogen-bond acceptors (Lipinski definition) is 13. The number of cyclic esters (lactones) is 1. The molecule has 0 aliphatic carbocycles. The van der Waals surface area contributed by atoms with E-state index in [1.807, 2.05) is 53.6 Å². The number of fused-ring (bicyclic) bond motifs is 5. The molecule has 4 unspecified atom stereocenters. The summed E-state index contributed by atoms with van der Waals surface area (Å²) in [6, 6.07) is -1.09. The van der Waals surface area contributed by atoms with Gasteiger partial charge < -0.3 is 49.5 Å². The van der Waals surface area contributed by atoms with Crippen molar-refractivity contribution in [1.29, 1.82) is 0 Å². The first-order valence-electron chi connectivity index (χ1n) is 17.4. The molecule has 1 amide bonds. The maximum atomic E-state index is 14.8. The van der Waals surface area contributed by atoms with Gasteiger partial charge >= 0.3 is 12.1 Å². The molecule has 4 aliphatic rings. The minimum Gasteiger partial charge on any atom is -0.457 e. The predicted molar refractivity (Wildman–Crippen MR) is 176 cm³/mol. The monoisotopic (exact) mass is 682 g/mol. The summed E-state index contributed by atoms with van der Waals surface area (Å²) in [7, 11) is 3.77. The number of ketones is 1. The van der Waals surface area contributed by atoms with E-state index < -0.39 is 71.0 Å². The zero-order valence-corrected chi connectivity index (χ0v) is 30.3. The molecule has 13 atom stereocenters. The Morgan fingerprint density at radius 3 is 2.42 bits per heavy atom. The fourth-order valence-corrected chi connectivity index (χ4v) is 8.19. The molecule has 0 aromatic carbocycles. The van der Waals surface area contributed by atoms with Crippen LogP contribution in [0.25, 0.3) is 0 Å². The Balaban J connectivity index is 1.85. The van der Waals surface area contributed by atoms with E-state index in [-0.39, 0.29) is 49.3 Å². The number of aliphatic hydroxyl groups excluding tert-OH is 1. The van der Waals surface area contributed by atoms with E-state index >= 15 is 0 Å². The number of hydrogen-bond donors (Lipinski definition) is 4. The lowest BCUT2D eigenvalue weighted by molar-refractivity contribution is -0.296. The summed E-state index contributed by atoms with van der Waals surface area (Å²) in [5, 5.41) is 31.3. The Morgan fingerprint density at radius 1 is 1.10 bits per heavy atom. The van der Waals surface area contributed by atoms with Gasteiger partial charge in [0.05, 0.1) is 36.2 Å². The fourth-order valence-electron chi connectivity index (χ4n) is 8.19. The van der Waals surface area contributed by atoms with Crippen LogP contribution in [0.4, 0.5) is 4.79 Å². The van der Waals surface area contributed by atoms with E-state index in [1.54, 1.807) is 20.8 Å². The number of likely N-dealkylation sites (N-methyl/N-ethyl adjacent to an activating group) is 1. The quantitative estimate of drug-likeness (QED) is 0.148. The summed E-state index contributed by atoms with van der Waals surface area (Å²) in [6.45, 7) is 15.0. The van der Waals surface area contributed by atoms with Gasteiger partial charge in [-0.15, -0.1) is 0 Å². The maximum absolute atomic E-state index is 14.8. The number of oxime groups is 1. The molecule has 4 saturated heterocycles. The summed E-state index contributed by atoms with van der Waals surface area (Å²) in [5.74, 6) is -2.20. The highest BCUT2D eigenvalue weighted by atomic mass is 16.7. The number of ether oxygens (including phenoxy) is 5. The average Bonchev–Trinajstić information content (AvgIpc) is 3.34. The number of nitrogens with zero attached hydrogens (tertiary/aromatic N) is 2. The summed E-state index contributed by atoms with van der Waals surface area (Å²) in [4.78, 5) is 43.8. The molecule has 4 N–H and O–H groups in total. The maximum Gasteiger partial charge on any atom is 0.408 e. The largest absolute Gasteiger partial charge is 0.457 e. The molecule has 14 nitrogen and oxygen atoms in total. The molecular weight excluding hydrogens is 624 g/mol. The molecule has 0 saturated carbocycles. The summed E-state index contributed by atoms with van der Waals surface area (Å²) in [6.07, 6.45) is -3.47. The molecule has 4 rings (SSSR count). The second kappa shape index (κ2) is 14.9. The number of rotatable bonds is 4. The molecule has 0 radical (unpaired) electrons. The fraction of sp³-hybridized carbons (Fsp3) is 0.882. The van der Waals surface area contributed by atoms with Crippen molar-refractivity contribution in [1.82, 2.24) is 15.5 Å². The van der Waals surface area contributed by atoms with Crippen LogP contribution in [-0.4, -0.2) is 126 Å². The molecule has 48 heavy (non-hydrogen) atoms. The molecule has 14 heteroatoms. The third-order valence-corrected chi connectivity index (χ3v) is 11.1. The standard InChI is InChI=1S/C34H58N4O10/c1-11-24-34(8)26(36-31(42)48-34)21(5)35-16-18(2)15-33(7)28(47-29-25(39)23(38(9)10)14-19(3)45-29)20(4)27(40)32(6,30(41)46-24)13-12-22(37-43)17-44-33/h18-21,23-26,28-29,35,39,43H,11-17H2,1-10H3,(H,36,42)/b37-22-/t18-,19?,20-,21-,23?,24-,25?,26+,28-,29?,32-,33-,34-/m0/s1. The number of aliphatic hydroxyl groups is 1. The molecule has 4 fully saturated rings. The Hall–Kier alpha value is -2.36. The highest BCUT2D eigenvalue weighted by Crippen LogP contribution is 2.42. The highest BCUT2D eigenvalue weighted by molar-refractivity contribution is 6.05. The smallest absolute Gasteiger partial charge is 0.408 e. The lowest BCUT2D eigenvalue weighted by Gasteiger charge is -2.48. The van der Waals surface area contributed by atoms with Crippen molar-refractivity contribution >= 4 is 23.6 Å². The molecule has 0 aromatic heterocycles. The number of nitrogens with one attached hydrogen (secondary N) is 2. The van der Waals surface area contributed by atoms with E-state index in [1.165, 1.54) is 0 Å². The predicted octanol–water partition coefficient (Wildman–Crippen LogP) is 2.62. The van der Waals surface area contributed by atoms with Crippen LogP contribution in [0.2, 0.25) is 0 Å². The van der Waals surface area contributed by atoms with Gasteiger partial charge in [0.15, 0.2) is 17.7 Å². The molecule has 4 aliphatic heterocycles. The van der Waals surface area contributed by atoms with E-state index in [4.69, 9.17) is 23.7 Å². The van der Waals surface area contributed by atoms with Gasteiger partial charge in [0, 0.05) is 18.0 Å². The van der Waals surface area contributed by atoms with Gasteiger partial charge in [-0.25, -0.2) is 4.79 Å². The third kappa shape index (κ3) is 7.53. The van der Waals surface area contributed by atoms with Gasteiger partial charge in [0.1, 0.15) is 17.6 Å². The van der Waals surface area contributed by atoms with Gasteiger partial charge in [-0.3, -0.25) is 9.59 Å². The molecule has 0 spiro atoms. The van der Waals surface area contributed by atoms with E-state index in [9.17, 15) is 24.7 Å². The van der Waals surface area contributed by atoms with E-state index in [2.05, 4.69) is 15.8 Å². The van der Waals surface area contributed by atoms with E-state index in [0.717, 1.165) is 0 Å². The van der Waals surface area contributed by atoms with Crippen molar-refractivity contribution in [2.75, 3.05) is 27.2 Å². The van der Waals surface area contributed by atoms with Crippen LogP contribution in [0.15, 0.2) is 5.16 Å². The second-order valence-electron chi connectivity index (χ2n) is 15.4. The van der Waals surface area contributed by atoms with Crippen LogP contribution in [-0.2, 0) is 33.3 Å². The summed E-state index contributed by atoms with van der Waals surface area (Å²) < 4.78 is 31.5. The number of alkyl carbamates (subject to hydrolysis) is 1. The van der Waals surface area contributed by atoms with E-state index in [0.29, 0.717) is 25.8 Å². The molecule has 4 heterocycles. The number of amides is 1. The lowest BCUT2D eigenvalue weighted by Crippen LogP contribution is -2.60. The minimum absolute atomic E-state index is 0.0214. The minimum atomic E-state index is -1.70.